The van der Waals surface area contributed by atoms with E-state index >= 15 is 0 Å². The van der Waals surface area contributed by atoms with Crippen molar-refractivity contribution < 1.29 is 19.8 Å². The molecule has 0 aromatic heterocycles. The van der Waals surface area contributed by atoms with Gasteiger partial charge in [-0.3, -0.25) is 9.59 Å². The molecule has 0 radical (unpaired) electrons. The quantitative estimate of drug-likeness (QED) is 0.899. The molecule has 0 spiro atoms. The predicted octanol–water partition coefficient (Wildman–Crippen LogP) is 2.57. The normalized spacial score (nSPS) is 33.8. The summed E-state index contributed by atoms with van der Waals surface area (Å²) in [6.45, 7) is 3.82. The summed E-state index contributed by atoms with van der Waals surface area (Å²) in [7, 11) is 0. The minimum absolute atomic E-state index is 0.0520. The van der Waals surface area contributed by atoms with Gasteiger partial charge in [-0.1, -0.05) is 6.07 Å². The number of carbonyl (C=O) groups excluding carboxylic acids is 2. The van der Waals surface area contributed by atoms with E-state index in [0.717, 1.165) is 11.1 Å². The molecule has 4 atom stereocenters. The summed E-state index contributed by atoms with van der Waals surface area (Å²) in [5.74, 6) is 0.186. The van der Waals surface area contributed by atoms with Crippen LogP contribution in [0.5, 0.6) is 5.75 Å². The molecule has 2 fully saturated rings. The van der Waals surface area contributed by atoms with Gasteiger partial charge in [-0.2, -0.15) is 0 Å². The zero-order valence-corrected chi connectivity index (χ0v) is 13.7. The highest BCUT2D eigenvalue weighted by atomic mass is 16.3. The van der Waals surface area contributed by atoms with Crippen LogP contribution < -0.4 is 0 Å². The highest BCUT2D eigenvalue weighted by Gasteiger charge is 2.58. The fraction of sp³-hybridized carbons (Fsp3) is 0.579. The SMILES string of the molecule is Cc1ccc(O)cc1CC[C@@H]1C(=O)C[C@@H](O)[C@]2(C)C(=O)CC[C@@H]12. The van der Waals surface area contributed by atoms with Crippen LogP contribution in [0.4, 0.5) is 0 Å². The van der Waals surface area contributed by atoms with Crippen LogP contribution in [0, 0.1) is 24.2 Å². The number of carbonyl (C=O) groups is 2. The maximum atomic E-state index is 12.4. The summed E-state index contributed by atoms with van der Waals surface area (Å²) in [5.41, 5.74) is 1.37. The zero-order chi connectivity index (χ0) is 16.8. The minimum Gasteiger partial charge on any atom is -0.508 e. The Morgan fingerprint density at radius 2 is 2.04 bits per heavy atom. The van der Waals surface area contributed by atoms with Crippen LogP contribution >= 0.6 is 0 Å². The molecule has 4 nitrogen and oxygen atoms in total. The third-order valence-electron chi connectivity index (χ3n) is 6.10. The molecule has 2 aliphatic carbocycles. The Bertz CT molecular complexity index is 651. The lowest BCUT2D eigenvalue weighted by Crippen LogP contribution is -2.51. The Morgan fingerprint density at radius 1 is 1.30 bits per heavy atom. The first-order chi connectivity index (χ1) is 10.8. The Morgan fingerprint density at radius 3 is 2.78 bits per heavy atom. The number of aliphatic hydroxyl groups is 1. The van der Waals surface area contributed by atoms with E-state index in [1.54, 1.807) is 12.1 Å². The van der Waals surface area contributed by atoms with Crippen molar-refractivity contribution in [3.8, 4) is 5.75 Å². The molecule has 0 bridgehead atoms. The van der Waals surface area contributed by atoms with Crippen LogP contribution in [0.2, 0.25) is 0 Å². The van der Waals surface area contributed by atoms with Gasteiger partial charge in [0.05, 0.1) is 11.5 Å². The zero-order valence-electron chi connectivity index (χ0n) is 13.7. The fourth-order valence-electron chi connectivity index (χ4n) is 4.49. The summed E-state index contributed by atoms with van der Waals surface area (Å²) >= 11 is 0. The van der Waals surface area contributed by atoms with Gasteiger partial charge in [-0.05, 0) is 62.3 Å². The van der Waals surface area contributed by atoms with E-state index in [1.165, 1.54) is 0 Å². The lowest BCUT2D eigenvalue weighted by atomic mass is 9.61. The Balaban J connectivity index is 1.80. The molecule has 1 aromatic rings. The molecule has 2 aliphatic rings. The summed E-state index contributed by atoms with van der Waals surface area (Å²) in [5, 5.41) is 19.9. The van der Waals surface area contributed by atoms with E-state index in [-0.39, 0.29) is 35.6 Å². The molecular formula is C19H24O4. The number of aryl methyl sites for hydroxylation is 2. The number of rotatable bonds is 3. The molecule has 0 heterocycles. The maximum absolute atomic E-state index is 12.4. The summed E-state index contributed by atoms with van der Waals surface area (Å²) < 4.78 is 0. The second-order valence-corrected chi connectivity index (χ2v) is 7.29. The molecule has 1 aromatic carbocycles. The first-order valence-electron chi connectivity index (χ1n) is 8.36. The van der Waals surface area contributed by atoms with Crippen LogP contribution in [0.15, 0.2) is 18.2 Å². The van der Waals surface area contributed by atoms with Crippen LogP contribution in [-0.2, 0) is 16.0 Å². The van der Waals surface area contributed by atoms with E-state index < -0.39 is 11.5 Å². The molecule has 0 amide bonds. The van der Waals surface area contributed by atoms with E-state index in [1.807, 2.05) is 19.9 Å². The number of aromatic hydroxyl groups is 1. The number of hydrogen-bond donors (Lipinski definition) is 2. The van der Waals surface area contributed by atoms with E-state index in [9.17, 15) is 19.8 Å². The monoisotopic (exact) mass is 316 g/mol. The third-order valence-corrected chi connectivity index (χ3v) is 6.10. The molecule has 0 unspecified atom stereocenters. The van der Waals surface area contributed by atoms with Gasteiger partial charge in [0.15, 0.2) is 0 Å². The Labute approximate surface area is 136 Å². The second kappa shape index (κ2) is 5.75. The molecule has 4 heteroatoms. The van der Waals surface area contributed by atoms with Gasteiger partial charge in [-0.25, -0.2) is 0 Å². The molecule has 124 valence electrons. The lowest BCUT2D eigenvalue weighted by molar-refractivity contribution is -0.149. The van der Waals surface area contributed by atoms with Crippen molar-refractivity contribution in [3.63, 3.8) is 0 Å². The van der Waals surface area contributed by atoms with Crippen molar-refractivity contribution in [2.45, 2.75) is 52.1 Å². The van der Waals surface area contributed by atoms with Gasteiger partial charge in [0.1, 0.15) is 17.3 Å². The highest BCUT2D eigenvalue weighted by molar-refractivity contribution is 5.93. The molecule has 2 saturated carbocycles. The number of aliphatic hydroxyl groups excluding tert-OH is 1. The Kier molecular flexibility index (Phi) is 4.05. The molecule has 0 saturated heterocycles. The van der Waals surface area contributed by atoms with Crippen molar-refractivity contribution >= 4 is 11.6 Å². The number of ketones is 2. The van der Waals surface area contributed by atoms with Crippen LogP contribution in [0.3, 0.4) is 0 Å². The number of Topliss-reactive ketones (excluding diaryl/α,β-unsaturated/α-hetero) is 2. The molecular weight excluding hydrogens is 292 g/mol. The summed E-state index contributed by atoms with van der Waals surface area (Å²) in [4.78, 5) is 24.7. The van der Waals surface area contributed by atoms with Crippen molar-refractivity contribution in [1.29, 1.82) is 0 Å². The number of hydrogen-bond acceptors (Lipinski definition) is 4. The average molecular weight is 316 g/mol. The average Bonchev–Trinajstić information content (AvgIpc) is 2.80. The van der Waals surface area contributed by atoms with Gasteiger partial charge in [0.25, 0.3) is 0 Å². The predicted molar refractivity (Wildman–Crippen MR) is 86.1 cm³/mol. The van der Waals surface area contributed by atoms with Crippen molar-refractivity contribution in [2.24, 2.45) is 17.3 Å². The first-order valence-corrected chi connectivity index (χ1v) is 8.36. The van der Waals surface area contributed by atoms with Crippen molar-refractivity contribution in [2.75, 3.05) is 0 Å². The van der Waals surface area contributed by atoms with Gasteiger partial charge in [0.2, 0.25) is 0 Å². The Hall–Kier alpha value is -1.68. The van der Waals surface area contributed by atoms with Gasteiger partial charge >= 0.3 is 0 Å². The fourth-order valence-corrected chi connectivity index (χ4v) is 4.49. The van der Waals surface area contributed by atoms with Gasteiger partial charge < -0.3 is 10.2 Å². The summed E-state index contributed by atoms with van der Waals surface area (Å²) in [6, 6.07) is 5.28. The van der Waals surface area contributed by atoms with Crippen LogP contribution in [-0.4, -0.2) is 27.9 Å². The topological polar surface area (TPSA) is 74.6 Å². The molecule has 23 heavy (non-hydrogen) atoms. The first kappa shape index (κ1) is 16.2. The number of benzene rings is 1. The number of phenols is 1. The van der Waals surface area contributed by atoms with Gasteiger partial charge in [-0.15, -0.1) is 0 Å². The van der Waals surface area contributed by atoms with Gasteiger partial charge in [0, 0.05) is 18.8 Å². The third kappa shape index (κ3) is 2.59. The lowest BCUT2D eigenvalue weighted by Gasteiger charge is -2.43. The maximum Gasteiger partial charge on any atom is 0.141 e. The second-order valence-electron chi connectivity index (χ2n) is 7.29. The molecule has 0 aliphatic heterocycles. The number of phenolic OH excluding ortho intramolecular Hbond substituents is 1. The number of fused-ring (bicyclic) bond motifs is 1. The largest absolute Gasteiger partial charge is 0.508 e. The summed E-state index contributed by atoms with van der Waals surface area (Å²) in [6.07, 6.45) is 1.78. The van der Waals surface area contributed by atoms with Crippen LogP contribution in [0.1, 0.15) is 43.7 Å². The van der Waals surface area contributed by atoms with E-state index in [0.29, 0.717) is 25.7 Å². The molecule has 2 N–H and O–H groups in total. The van der Waals surface area contributed by atoms with Crippen molar-refractivity contribution in [1.82, 2.24) is 0 Å². The van der Waals surface area contributed by atoms with E-state index in [4.69, 9.17) is 0 Å². The minimum atomic E-state index is -0.839. The van der Waals surface area contributed by atoms with Crippen LogP contribution in [0.25, 0.3) is 0 Å². The molecule has 3 rings (SSSR count). The highest BCUT2D eigenvalue weighted by Crippen LogP contribution is 2.52. The van der Waals surface area contributed by atoms with Crippen molar-refractivity contribution in [3.05, 3.63) is 29.3 Å². The van der Waals surface area contributed by atoms with E-state index in [2.05, 4.69) is 0 Å². The smallest absolute Gasteiger partial charge is 0.141 e. The standard InChI is InChI=1S/C19H24O4/c1-11-3-5-13(20)9-12(11)4-6-14-15-7-8-17(22)19(15,2)18(23)10-16(14)21/h3,5,9,14-15,18,20,23H,4,6-8,10H2,1-2H3/t14-,15-,18+,19-/m0/s1.